The molecule has 27 nitrogen and oxygen atoms in total. The van der Waals surface area contributed by atoms with Crippen LogP contribution in [0.2, 0.25) is 0 Å². The van der Waals surface area contributed by atoms with Gasteiger partial charge in [0, 0.05) is 172 Å². The molecule has 10 rings (SSSR count). The number of hydrogen-bond acceptors (Lipinski definition) is 20. The predicted octanol–water partition coefficient (Wildman–Crippen LogP) is -3.15. The van der Waals surface area contributed by atoms with E-state index >= 15 is 0 Å². The summed E-state index contributed by atoms with van der Waals surface area (Å²) in [5.41, 5.74) is 12.0. The number of carbonyl (C=O) groups is 14. The molecule has 0 spiro atoms. The molecule has 115 heavy (non-hydrogen) atoms. The normalized spacial score (nSPS) is 18.1. The average molecular weight is 1720 g/mol. The molecule has 5 atom stereocenters. The van der Waals surface area contributed by atoms with Crippen LogP contribution in [0.3, 0.4) is 0 Å². The average Bonchev–Trinajstić information content (AvgIpc) is 1.60. The molecule has 0 radical (unpaired) electrons. The fraction of sp³-hybridized carbons (Fsp3) is 0.469. The molecule has 10 N–H and O–H groups in total. The highest BCUT2D eigenvalue weighted by Crippen LogP contribution is 2.50. The van der Waals surface area contributed by atoms with E-state index in [0.717, 1.165) is 139 Å². The molecule has 4 saturated heterocycles. The van der Waals surface area contributed by atoms with Crippen LogP contribution in [0.1, 0.15) is 178 Å². The lowest BCUT2D eigenvalue weighted by atomic mass is 9.97. The molecule has 6 aliphatic rings. The monoisotopic (exact) mass is 1720 g/mol. The third kappa shape index (κ3) is 26.4. The molecule has 2 aliphatic carbocycles. The largest absolute Gasteiger partial charge is 1.00 e. The molecular weight excluding hydrogens is 1620 g/mol. The molecule has 34 heteroatoms. The van der Waals surface area contributed by atoms with E-state index in [1.807, 2.05) is 64.1 Å². The number of amides is 12. The van der Waals surface area contributed by atoms with Crippen molar-refractivity contribution in [2.45, 2.75) is 177 Å². The van der Waals surface area contributed by atoms with Gasteiger partial charge in [0.25, 0.3) is 0 Å². The molecule has 0 saturated carbocycles. The highest BCUT2D eigenvalue weighted by atomic mass is 35.5. The highest BCUT2D eigenvalue weighted by Gasteiger charge is 2.43. The van der Waals surface area contributed by atoms with Crippen molar-refractivity contribution in [2.24, 2.45) is 0 Å². The fourth-order valence-electron chi connectivity index (χ4n) is 14.0. The molecule has 0 aromatic heterocycles. The van der Waals surface area contributed by atoms with Gasteiger partial charge in [-0.3, -0.25) is 103 Å². The summed E-state index contributed by atoms with van der Waals surface area (Å²) in [6.07, 6.45) is 6.66. The number of anilines is 4. The van der Waals surface area contributed by atoms with Gasteiger partial charge in [-0.1, -0.05) is 35.9 Å². The van der Waals surface area contributed by atoms with Gasteiger partial charge in [0.1, 0.15) is 30.3 Å². The van der Waals surface area contributed by atoms with Crippen molar-refractivity contribution < 1.29 is 130 Å². The maximum absolute atomic E-state index is 13.3. The summed E-state index contributed by atoms with van der Waals surface area (Å²) in [4.78, 5) is 183. The smallest absolute Gasteiger partial charge is 0.302 e. The Hall–Kier alpha value is -8.72. The van der Waals surface area contributed by atoms with Crippen LogP contribution in [0.15, 0.2) is 84.9 Å². The summed E-state index contributed by atoms with van der Waals surface area (Å²) >= 11 is 5.79. The minimum absolute atomic E-state index is 0. The predicted molar refractivity (Wildman–Crippen MR) is 434 cm³/mol. The number of imide groups is 4. The lowest BCUT2D eigenvalue weighted by Crippen LogP contribution is -3.00. The Bertz CT molecular complexity index is 4290. The summed E-state index contributed by atoms with van der Waals surface area (Å²) < 4.78 is 10.9. The first-order chi connectivity index (χ1) is 53.4. The lowest BCUT2D eigenvalue weighted by Gasteiger charge is -2.17. The van der Waals surface area contributed by atoms with Gasteiger partial charge in [-0.15, -0.1) is 53.6 Å². The minimum atomic E-state index is -0.458. The lowest BCUT2D eigenvalue weighted by molar-refractivity contribution is -0.142. The number of allylic oxidation sites excluding steroid dienone is 1. The Kier molecular flexibility index (Phi) is 37.3. The molecule has 4 aromatic rings. The second-order valence-corrected chi connectivity index (χ2v) is 34.0. The van der Waals surface area contributed by atoms with Gasteiger partial charge >= 0.3 is 11.9 Å². The van der Waals surface area contributed by atoms with Crippen LogP contribution < -0.4 is 74.7 Å². The van der Waals surface area contributed by atoms with Crippen molar-refractivity contribution in [3.8, 4) is 22.3 Å². The van der Waals surface area contributed by atoms with Crippen molar-refractivity contribution in [2.75, 3.05) is 83.7 Å². The van der Waals surface area contributed by atoms with E-state index in [2.05, 4.69) is 27.8 Å². The van der Waals surface area contributed by atoms with E-state index in [1.54, 1.807) is 36.4 Å². The van der Waals surface area contributed by atoms with Gasteiger partial charge in [-0.2, -0.15) is 0 Å². The zero-order chi connectivity index (χ0) is 81.0. The topological polar surface area (TPSA) is 395 Å². The van der Waals surface area contributed by atoms with Crippen molar-refractivity contribution in [1.82, 2.24) is 19.6 Å². The number of ether oxygens (including phenoxy) is 2. The molecule has 4 heterocycles. The standard InChI is InChI=1S/C41H49N5O8S2.C40H48N6O8S2.3ClH/c1-24(2)8-6-18-55-33-21-38(51)46(40(33)52)17-15-36(49)44-32-11-5-10-28-31(23-54-26(4)47)30-20-27(12-13-29(30)39(28)32)43-35(48)14-16-45-37(50)22-34(41(45)53)56-19-7-9-25(3)42;1-23(41)6-4-16-55-33-20-37(50)45(39(33)52)14-12-35(48)43-26-8-10-28-29-11-9-27(19-31(29)32(30(28)18-26)22-54-25(3)47)44-36(49)13-15-46-38(51)21-34(40(46)53)56-17-5-7-24(2)42;;;/h5,10-13,20,31,33-34,42H,1,6-9,14-19,21-23H2,2-4H3,(H,43,48)(H,44,49);8-11,18-19,32-34,41-42H,4-7,12-17,20-22H2,1-3H3,(H,43,48)(H,44,49);3*1H. The fourth-order valence-corrected chi connectivity index (χ4v) is 18.5. The zero-order valence-corrected chi connectivity index (χ0v) is 70.8. The summed E-state index contributed by atoms with van der Waals surface area (Å²) in [6, 6.07) is 21.6. The number of hydrogen-bond donors (Lipinski definition) is 7. The molecule has 620 valence electrons. The Morgan fingerprint density at radius 1 is 0.400 bits per heavy atom. The van der Waals surface area contributed by atoms with Gasteiger partial charge in [-0.25, -0.2) is 0 Å². The third-order valence-electron chi connectivity index (χ3n) is 19.6. The van der Waals surface area contributed by atoms with E-state index < -0.39 is 44.8 Å². The summed E-state index contributed by atoms with van der Waals surface area (Å²) in [5, 5.41) is 26.9. The molecule has 4 aromatic carbocycles. The number of nitrogens with one attached hydrogen (secondary N) is 4. The quantitative estimate of drug-likeness (QED) is 0.00760. The van der Waals surface area contributed by atoms with Gasteiger partial charge in [0.05, 0.1) is 21.0 Å². The number of nitrogens with two attached hydrogens (primary N) is 3. The molecule has 4 fully saturated rings. The Morgan fingerprint density at radius 2 is 0.696 bits per heavy atom. The summed E-state index contributed by atoms with van der Waals surface area (Å²) in [6.45, 7) is 14.0. The highest BCUT2D eigenvalue weighted by molar-refractivity contribution is 8.01. The molecule has 0 bridgehead atoms. The number of benzene rings is 4. The summed E-state index contributed by atoms with van der Waals surface area (Å²) in [7, 11) is 0. The van der Waals surface area contributed by atoms with E-state index in [9.17, 15) is 67.1 Å². The number of thioether (sulfide) groups is 4. The maximum atomic E-state index is 13.3. The van der Waals surface area contributed by atoms with Crippen LogP contribution in [0.4, 0.5) is 22.7 Å². The molecule has 5 unspecified atom stereocenters. The van der Waals surface area contributed by atoms with Crippen molar-refractivity contribution >= 4 is 170 Å². The van der Waals surface area contributed by atoms with Crippen molar-refractivity contribution in [3.63, 3.8) is 0 Å². The second-order valence-electron chi connectivity index (χ2n) is 28.8. The first-order valence-corrected chi connectivity index (χ1v) is 41.9. The third-order valence-corrected chi connectivity index (χ3v) is 24.8. The van der Waals surface area contributed by atoms with Gasteiger partial charge in [-0.05, 0) is 143 Å². The van der Waals surface area contributed by atoms with Crippen LogP contribution in [-0.2, 0) is 76.6 Å². The maximum Gasteiger partial charge on any atom is 0.302 e. The minimum Gasteiger partial charge on any atom is -1.00 e. The Morgan fingerprint density at radius 3 is 1.01 bits per heavy atom. The number of likely N-dealkylation sites (tertiary alicyclic amines) is 4. The number of esters is 2. The first-order valence-electron chi connectivity index (χ1n) is 37.7. The van der Waals surface area contributed by atoms with Crippen LogP contribution in [0, 0.1) is 0 Å². The van der Waals surface area contributed by atoms with E-state index in [1.165, 1.54) is 65.8 Å². The SMILES string of the molecule is C=C(C)CCCSC1CC(=O)N(CCC(=O)Nc2cccc3c2-c2ccc(NC(=O)CCN4C(=O)CC(SCCCC(C)=[NH2+])C4=O)cc2C3COC(C)=O)C1=O.CC(=[NH2+])CCCSC1CC(=O)N(CCC(=O)Nc2ccc3c(c2)C(COC(C)=O)c2cc(NC(=O)CCN4C(=O)CC(SCCCC(C)=[NH2+])C4=O)ccc2-3)C1=O.[Cl-].[Cl-].[Cl-]. The Labute approximate surface area is 704 Å². The van der Waals surface area contributed by atoms with Crippen LogP contribution in [0.25, 0.3) is 22.3 Å². The number of nitrogens with zero attached hydrogens (tertiary/aromatic N) is 4. The molecule has 4 aliphatic heterocycles. The molecular formula is C81H100Cl3N11O16S4. The summed E-state index contributed by atoms with van der Waals surface area (Å²) in [5.74, 6) is -2.55. The van der Waals surface area contributed by atoms with Gasteiger partial charge < -0.3 is 68.0 Å². The van der Waals surface area contributed by atoms with E-state index in [4.69, 9.17) is 25.7 Å². The van der Waals surface area contributed by atoms with Crippen LogP contribution >= 0.6 is 47.0 Å². The van der Waals surface area contributed by atoms with Crippen molar-refractivity contribution in [1.29, 1.82) is 0 Å². The zero-order valence-electron chi connectivity index (χ0n) is 65.3. The van der Waals surface area contributed by atoms with Gasteiger partial charge in [0.2, 0.25) is 70.9 Å². The van der Waals surface area contributed by atoms with Crippen molar-refractivity contribution in [3.05, 3.63) is 107 Å². The van der Waals surface area contributed by atoms with Crippen LogP contribution in [0.5, 0.6) is 0 Å². The number of fused-ring (bicyclic) bond motifs is 6. The Balaban J connectivity index is 0.000000349. The molecule has 12 amide bonds. The second kappa shape index (κ2) is 45.1. The first kappa shape index (κ1) is 95.1. The van der Waals surface area contributed by atoms with E-state index in [-0.39, 0.29) is 199 Å². The number of rotatable bonds is 40. The number of halogens is 3. The van der Waals surface area contributed by atoms with E-state index in [0.29, 0.717) is 40.0 Å². The number of carbonyl (C=O) groups excluding carboxylic acids is 14. The van der Waals surface area contributed by atoms with Gasteiger partial charge in [0.15, 0.2) is 0 Å². The van der Waals surface area contributed by atoms with Crippen LogP contribution in [-0.4, -0.2) is 203 Å².